The molecule has 1 unspecified atom stereocenters. The van der Waals surface area contributed by atoms with Gasteiger partial charge in [-0.1, -0.05) is 13.8 Å². The second-order valence-corrected chi connectivity index (χ2v) is 4.06. The van der Waals surface area contributed by atoms with Crippen LogP contribution >= 0.6 is 0 Å². The SMILES string of the molecule is CC(C)CC(C)Oc1cncc(CO)n1. The van der Waals surface area contributed by atoms with E-state index in [2.05, 4.69) is 23.8 Å². The van der Waals surface area contributed by atoms with Crippen LogP contribution < -0.4 is 4.74 Å². The summed E-state index contributed by atoms with van der Waals surface area (Å²) in [5.41, 5.74) is 0.532. The summed E-state index contributed by atoms with van der Waals surface area (Å²) in [4.78, 5) is 8.04. The van der Waals surface area contributed by atoms with Crippen LogP contribution in [0.2, 0.25) is 0 Å². The number of nitrogens with zero attached hydrogens (tertiary/aromatic N) is 2. The molecule has 1 N–H and O–H groups in total. The van der Waals surface area contributed by atoms with Crippen LogP contribution in [0.5, 0.6) is 5.88 Å². The van der Waals surface area contributed by atoms with Crippen molar-refractivity contribution in [2.75, 3.05) is 0 Å². The Morgan fingerprint density at radius 3 is 2.67 bits per heavy atom. The van der Waals surface area contributed by atoms with Crippen LogP contribution in [0.25, 0.3) is 0 Å². The first-order valence-electron chi connectivity index (χ1n) is 5.20. The fourth-order valence-electron chi connectivity index (χ4n) is 1.44. The quantitative estimate of drug-likeness (QED) is 0.805. The van der Waals surface area contributed by atoms with E-state index in [1.807, 2.05) is 6.92 Å². The van der Waals surface area contributed by atoms with Crippen LogP contribution in [0.1, 0.15) is 32.9 Å². The summed E-state index contributed by atoms with van der Waals surface area (Å²) in [6.07, 6.45) is 4.19. The molecule has 1 atom stereocenters. The van der Waals surface area contributed by atoms with E-state index in [1.165, 1.54) is 6.20 Å². The molecule has 1 heterocycles. The lowest BCUT2D eigenvalue weighted by molar-refractivity contribution is 0.182. The van der Waals surface area contributed by atoms with Gasteiger partial charge in [-0.25, -0.2) is 4.98 Å². The van der Waals surface area contributed by atoms with Crippen molar-refractivity contribution in [3.8, 4) is 5.88 Å². The second-order valence-electron chi connectivity index (χ2n) is 4.06. The largest absolute Gasteiger partial charge is 0.474 e. The van der Waals surface area contributed by atoms with Gasteiger partial charge in [0.1, 0.15) is 0 Å². The lowest BCUT2D eigenvalue weighted by atomic mass is 10.1. The third-order valence-electron chi connectivity index (χ3n) is 1.95. The smallest absolute Gasteiger partial charge is 0.232 e. The van der Waals surface area contributed by atoms with Gasteiger partial charge < -0.3 is 9.84 Å². The van der Waals surface area contributed by atoms with Crippen LogP contribution in [0, 0.1) is 5.92 Å². The first-order valence-corrected chi connectivity index (χ1v) is 5.20. The molecule has 15 heavy (non-hydrogen) atoms. The molecule has 0 radical (unpaired) electrons. The maximum atomic E-state index is 8.88. The van der Waals surface area contributed by atoms with Crippen LogP contribution in [-0.2, 0) is 6.61 Å². The van der Waals surface area contributed by atoms with Gasteiger partial charge in [-0.3, -0.25) is 4.98 Å². The van der Waals surface area contributed by atoms with Crippen LogP contribution in [0.3, 0.4) is 0 Å². The van der Waals surface area contributed by atoms with E-state index >= 15 is 0 Å². The van der Waals surface area contributed by atoms with Crippen molar-refractivity contribution >= 4 is 0 Å². The highest BCUT2D eigenvalue weighted by molar-refractivity contribution is 5.07. The van der Waals surface area contributed by atoms with E-state index in [9.17, 15) is 0 Å². The van der Waals surface area contributed by atoms with Crippen molar-refractivity contribution < 1.29 is 9.84 Å². The standard InChI is InChI=1S/C11H18N2O2/c1-8(2)4-9(3)15-11-6-12-5-10(7-14)13-11/h5-6,8-9,14H,4,7H2,1-3H3. The summed E-state index contributed by atoms with van der Waals surface area (Å²) in [7, 11) is 0. The van der Waals surface area contributed by atoms with Gasteiger partial charge >= 0.3 is 0 Å². The summed E-state index contributed by atoms with van der Waals surface area (Å²) in [6, 6.07) is 0. The van der Waals surface area contributed by atoms with E-state index in [1.54, 1.807) is 6.20 Å². The minimum Gasteiger partial charge on any atom is -0.474 e. The molecule has 0 aromatic carbocycles. The zero-order valence-electron chi connectivity index (χ0n) is 9.47. The number of aliphatic hydroxyl groups is 1. The third kappa shape index (κ3) is 4.25. The zero-order chi connectivity index (χ0) is 11.3. The highest BCUT2D eigenvalue weighted by Crippen LogP contribution is 2.12. The predicted molar refractivity (Wildman–Crippen MR) is 57.5 cm³/mol. The van der Waals surface area contributed by atoms with Crippen molar-refractivity contribution in [2.24, 2.45) is 5.92 Å². The summed E-state index contributed by atoms with van der Waals surface area (Å²) in [5, 5.41) is 8.88. The molecular formula is C11H18N2O2. The number of rotatable bonds is 5. The molecule has 0 spiro atoms. The molecule has 0 aliphatic heterocycles. The summed E-state index contributed by atoms with van der Waals surface area (Å²) < 4.78 is 5.58. The van der Waals surface area contributed by atoms with E-state index in [-0.39, 0.29) is 12.7 Å². The molecule has 4 nitrogen and oxygen atoms in total. The first-order chi connectivity index (χ1) is 7.11. The summed E-state index contributed by atoms with van der Waals surface area (Å²) in [5.74, 6) is 1.07. The van der Waals surface area contributed by atoms with Crippen molar-refractivity contribution in [1.82, 2.24) is 9.97 Å². The van der Waals surface area contributed by atoms with Gasteiger partial charge in [-0.2, -0.15) is 0 Å². The Labute approximate surface area is 90.3 Å². The Morgan fingerprint density at radius 2 is 2.07 bits per heavy atom. The molecule has 0 aliphatic carbocycles. The van der Waals surface area contributed by atoms with E-state index in [0.717, 1.165) is 6.42 Å². The summed E-state index contributed by atoms with van der Waals surface area (Å²) in [6.45, 7) is 6.20. The van der Waals surface area contributed by atoms with Gasteiger partial charge in [-0.15, -0.1) is 0 Å². The molecule has 84 valence electrons. The highest BCUT2D eigenvalue weighted by atomic mass is 16.5. The average Bonchev–Trinajstić information content (AvgIpc) is 2.16. The Bertz CT molecular complexity index is 302. The van der Waals surface area contributed by atoms with E-state index in [4.69, 9.17) is 9.84 Å². The molecule has 0 bridgehead atoms. The number of aliphatic hydroxyl groups excluding tert-OH is 1. The normalized spacial score (nSPS) is 12.9. The number of aromatic nitrogens is 2. The van der Waals surface area contributed by atoms with Crippen molar-refractivity contribution in [3.63, 3.8) is 0 Å². The molecule has 0 aliphatic rings. The fourth-order valence-corrected chi connectivity index (χ4v) is 1.44. The molecule has 4 heteroatoms. The maximum absolute atomic E-state index is 8.88. The average molecular weight is 210 g/mol. The second kappa shape index (κ2) is 5.66. The Balaban J connectivity index is 2.55. The lowest BCUT2D eigenvalue weighted by Crippen LogP contribution is -2.15. The fraction of sp³-hybridized carbons (Fsp3) is 0.636. The lowest BCUT2D eigenvalue weighted by Gasteiger charge is -2.15. The van der Waals surface area contributed by atoms with Gasteiger partial charge in [0.2, 0.25) is 5.88 Å². The van der Waals surface area contributed by atoms with Gasteiger partial charge in [0.25, 0.3) is 0 Å². The molecule has 1 rings (SSSR count). The van der Waals surface area contributed by atoms with Crippen molar-refractivity contribution in [3.05, 3.63) is 18.1 Å². The Hall–Kier alpha value is -1.16. The van der Waals surface area contributed by atoms with Gasteiger partial charge in [-0.05, 0) is 19.3 Å². The van der Waals surface area contributed by atoms with Gasteiger partial charge in [0.05, 0.1) is 30.8 Å². The number of hydrogen-bond donors (Lipinski definition) is 1. The molecule has 0 amide bonds. The predicted octanol–water partition coefficient (Wildman–Crippen LogP) is 1.78. The Morgan fingerprint density at radius 1 is 1.33 bits per heavy atom. The zero-order valence-corrected chi connectivity index (χ0v) is 9.47. The molecule has 1 aromatic rings. The number of hydrogen-bond acceptors (Lipinski definition) is 4. The van der Waals surface area contributed by atoms with Crippen molar-refractivity contribution in [2.45, 2.75) is 39.9 Å². The molecule has 0 saturated carbocycles. The summed E-state index contributed by atoms with van der Waals surface area (Å²) >= 11 is 0. The van der Waals surface area contributed by atoms with Crippen LogP contribution in [0.15, 0.2) is 12.4 Å². The topological polar surface area (TPSA) is 55.2 Å². The molecule has 0 fully saturated rings. The third-order valence-corrected chi connectivity index (χ3v) is 1.95. The molecule has 1 aromatic heterocycles. The monoisotopic (exact) mass is 210 g/mol. The highest BCUT2D eigenvalue weighted by Gasteiger charge is 2.08. The number of ether oxygens (including phenoxy) is 1. The van der Waals surface area contributed by atoms with Crippen molar-refractivity contribution in [1.29, 1.82) is 0 Å². The molecular weight excluding hydrogens is 192 g/mol. The van der Waals surface area contributed by atoms with Crippen LogP contribution in [-0.4, -0.2) is 21.2 Å². The van der Waals surface area contributed by atoms with E-state index < -0.39 is 0 Å². The van der Waals surface area contributed by atoms with Gasteiger partial charge in [0.15, 0.2) is 0 Å². The first kappa shape index (κ1) is 11.9. The Kier molecular flexibility index (Phi) is 4.49. The van der Waals surface area contributed by atoms with E-state index in [0.29, 0.717) is 17.5 Å². The maximum Gasteiger partial charge on any atom is 0.232 e. The minimum atomic E-state index is -0.108. The minimum absolute atomic E-state index is 0.108. The van der Waals surface area contributed by atoms with Gasteiger partial charge in [0, 0.05) is 0 Å². The van der Waals surface area contributed by atoms with Crippen LogP contribution in [0.4, 0.5) is 0 Å². The molecule has 0 saturated heterocycles.